The molecule has 0 fully saturated rings. The fourth-order valence-electron chi connectivity index (χ4n) is 0.899. The van der Waals surface area contributed by atoms with Crippen LogP contribution >= 0.6 is 11.5 Å². The molecule has 74 valence electrons. The normalized spacial score (nSPS) is 12.8. The number of aromatic nitrogens is 2. The Labute approximate surface area is 82.7 Å². The van der Waals surface area contributed by atoms with Crippen molar-refractivity contribution >= 4 is 16.7 Å². The molecule has 0 spiro atoms. The maximum atomic E-state index is 5.60. The van der Waals surface area contributed by atoms with Crippen molar-refractivity contribution in [3.05, 3.63) is 5.82 Å². The molecular weight excluding hydrogens is 184 g/mol. The summed E-state index contributed by atoms with van der Waals surface area (Å²) in [6, 6.07) is 0.151. The number of nitrogens with zero attached hydrogens (tertiary/aromatic N) is 2. The molecule has 0 saturated carbocycles. The van der Waals surface area contributed by atoms with Crippen LogP contribution in [0.15, 0.2) is 0 Å². The number of anilines is 1. The minimum absolute atomic E-state index is 0.151. The highest BCUT2D eigenvalue weighted by Crippen LogP contribution is 2.11. The molecule has 0 aromatic carbocycles. The molecule has 3 N–H and O–H groups in total. The summed E-state index contributed by atoms with van der Waals surface area (Å²) in [7, 11) is 0. The van der Waals surface area contributed by atoms with E-state index in [4.69, 9.17) is 5.73 Å². The second-order valence-electron chi connectivity index (χ2n) is 3.12. The Morgan fingerprint density at radius 1 is 1.62 bits per heavy atom. The van der Waals surface area contributed by atoms with Crippen LogP contribution in [0.1, 0.15) is 26.1 Å². The topological polar surface area (TPSA) is 63.8 Å². The van der Waals surface area contributed by atoms with Crippen LogP contribution in [0.2, 0.25) is 0 Å². The summed E-state index contributed by atoms with van der Waals surface area (Å²) in [4.78, 5) is 4.31. The number of hydrogen-bond acceptors (Lipinski definition) is 5. The number of nitrogens with one attached hydrogen (secondary N) is 1. The zero-order valence-electron chi connectivity index (χ0n) is 8.08. The first-order valence-electron chi connectivity index (χ1n) is 4.54. The van der Waals surface area contributed by atoms with Gasteiger partial charge in [-0.1, -0.05) is 6.92 Å². The molecule has 1 aromatic heterocycles. The van der Waals surface area contributed by atoms with Crippen LogP contribution in [0, 0.1) is 0 Å². The Balaban J connectivity index is 2.39. The van der Waals surface area contributed by atoms with Crippen LogP contribution in [0.25, 0.3) is 0 Å². The molecule has 0 radical (unpaired) electrons. The van der Waals surface area contributed by atoms with Gasteiger partial charge in [0.1, 0.15) is 5.82 Å². The van der Waals surface area contributed by atoms with E-state index in [0.29, 0.717) is 0 Å². The Hall–Kier alpha value is -0.680. The van der Waals surface area contributed by atoms with E-state index >= 15 is 0 Å². The van der Waals surface area contributed by atoms with Gasteiger partial charge in [0, 0.05) is 30.5 Å². The molecule has 0 bridgehead atoms. The molecule has 0 aliphatic carbocycles. The third-order valence-electron chi connectivity index (χ3n) is 1.52. The lowest BCUT2D eigenvalue weighted by molar-refractivity contribution is 0.777. The summed E-state index contributed by atoms with van der Waals surface area (Å²) in [6.45, 7) is 4.83. The van der Waals surface area contributed by atoms with Gasteiger partial charge in [-0.15, -0.1) is 0 Å². The Morgan fingerprint density at radius 3 is 3.00 bits per heavy atom. The van der Waals surface area contributed by atoms with Gasteiger partial charge < -0.3 is 11.1 Å². The van der Waals surface area contributed by atoms with Crippen molar-refractivity contribution in [3.8, 4) is 0 Å². The van der Waals surface area contributed by atoms with Gasteiger partial charge in [-0.25, -0.2) is 4.98 Å². The highest BCUT2D eigenvalue weighted by atomic mass is 32.1. The van der Waals surface area contributed by atoms with Gasteiger partial charge in [0.25, 0.3) is 0 Å². The largest absolute Gasteiger partial charge is 0.359 e. The van der Waals surface area contributed by atoms with Gasteiger partial charge in [-0.2, -0.15) is 4.37 Å². The molecule has 1 atom stereocenters. The van der Waals surface area contributed by atoms with Gasteiger partial charge in [0.15, 0.2) is 0 Å². The first-order chi connectivity index (χ1) is 6.22. The molecule has 13 heavy (non-hydrogen) atoms. The highest BCUT2D eigenvalue weighted by molar-refractivity contribution is 7.09. The monoisotopic (exact) mass is 200 g/mol. The van der Waals surface area contributed by atoms with Crippen molar-refractivity contribution < 1.29 is 0 Å². The smallest absolute Gasteiger partial charge is 0.202 e. The predicted octanol–water partition coefficient (Wildman–Crippen LogP) is 1.25. The van der Waals surface area contributed by atoms with E-state index in [2.05, 4.69) is 21.6 Å². The Morgan fingerprint density at radius 2 is 2.38 bits per heavy atom. The second-order valence-corrected chi connectivity index (χ2v) is 3.88. The maximum Gasteiger partial charge on any atom is 0.202 e. The second kappa shape index (κ2) is 5.14. The third-order valence-corrected chi connectivity index (χ3v) is 2.23. The van der Waals surface area contributed by atoms with Crippen LogP contribution in [0.5, 0.6) is 0 Å². The summed E-state index contributed by atoms with van der Waals surface area (Å²) in [6.07, 6.45) is 2.04. The number of rotatable bonds is 5. The first kappa shape index (κ1) is 10.4. The minimum atomic E-state index is 0.151. The van der Waals surface area contributed by atoms with Crippen molar-refractivity contribution in [1.29, 1.82) is 0 Å². The van der Waals surface area contributed by atoms with E-state index in [0.717, 1.165) is 30.3 Å². The van der Waals surface area contributed by atoms with Crippen LogP contribution in [0.4, 0.5) is 5.13 Å². The van der Waals surface area contributed by atoms with Crippen LogP contribution in [-0.4, -0.2) is 21.9 Å². The Bertz CT molecular complexity index is 246. The van der Waals surface area contributed by atoms with Crippen LogP contribution in [-0.2, 0) is 6.42 Å². The summed E-state index contributed by atoms with van der Waals surface area (Å²) >= 11 is 1.40. The van der Waals surface area contributed by atoms with Gasteiger partial charge in [0.2, 0.25) is 5.13 Å². The molecular formula is C8H16N4S. The number of hydrogen-bond donors (Lipinski definition) is 2. The fourth-order valence-corrected chi connectivity index (χ4v) is 1.52. The molecule has 1 unspecified atom stereocenters. The number of nitrogens with two attached hydrogens (primary N) is 1. The molecule has 4 nitrogen and oxygen atoms in total. The molecule has 0 aliphatic rings. The van der Waals surface area contributed by atoms with Crippen molar-refractivity contribution in [2.24, 2.45) is 5.73 Å². The molecule has 1 rings (SSSR count). The van der Waals surface area contributed by atoms with Crippen LogP contribution < -0.4 is 11.1 Å². The zero-order chi connectivity index (χ0) is 9.68. The quantitative estimate of drug-likeness (QED) is 0.751. The third kappa shape index (κ3) is 3.69. The van der Waals surface area contributed by atoms with E-state index in [1.807, 2.05) is 6.92 Å². The summed E-state index contributed by atoms with van der Waals surface area (Å²) in [5, 5.41) is 4.02. The molecule has 1 heterocycles. The van der Waals surface area contributed by atoms with E-state index in [1.54, 1.807) is 0 Å². The van der Waals surface area contributed by atoms with Gasteiger partial charge in [0.05, 0.1) is 0 Å². The highest BCUT2D eigenvalue weighted by Gasteiger charge is 2.02. The van der Waals surface area contributed by atoms with Crippen molar-refractivity contribution in [3.63, 3.8) is 0 Å². The van der Waals surface area contributed by atoms with Gasteiger partial charge in [-0.05, 0) is 13.3 Å². The fraction of sp³-hybridized carbons (Fsp3) is 0.750. The molecule has 1 aromatic rings. The molecule has 0 amide bonds. The summed E-state index contributed by atoms with van der Waals surface area (Å²) in [5.74, 6) is 0.930. The van der Waals surface area contributed by atoms with E-state index < -0.39 is 0 Å². The van der Waals surface area contributed by atoms with Crippen molar-refractivity contribution in [2.75, 3.05) is 11.9 Å². The predicted molar refractivity (Wildman–Crippen MR) is 56.0 cm³/mol. The standard InChI is InChI=1S/C8H16N4S/c1-3-4-7-11-8(13-12-7)10-5-6(2)9/h6H,3-5,9H2,1-2H3,(H,10,11,12). The van der Waals surface area contributed by atoms with E-state index in [9.17, 15) is 0 Å². The average molecular weight is 200 g/mol. The van der Waals surface area contributed by atoms with Gasteiger partial charge in [-0.3, -0.25) is 0 Å². The molecule has 5 heteroatoms. The SMILES string of the molecule is CCCc1nsc(NCC(C)N)n1. The van der Waals surface area contributed by atoms with Gasteiger partial charge >= 0.3 is 0 Å². The van der Waals surface area contributed by atoms with E-state index in [-0.39, 0.29) is 6.04 Å². The lowest BCUT2D eigenvalue weighted by atomic mass is 10.3. The lowest BCUT2D eigenvalue weighted by Crippen LogP contribution is -2.25. The lowest BCUT2D eigenvalue weighted by Gasteiger charge is -2.03. The summed E-state index contributed by atoms with van der Waals surface area (Å²) < 4.78 is 4.21. The Kier molecular flexibility index (Phi) is 4.11. The maximum absolute atomic E-state index is 5.60. The van der Waals surface area contributed by atoms with Crippen molar-refractivity contribution in [2.45, 2.75) is 32.7 Å². The molecule has 0 saturated heterocycles. The summed E-state index contributed by atoms with van der Waals surface area (Å²) in [5.41, 5.74) is 5.60. The number of aryl methyl sites for hydroxylation is 1. The van der Waals surface area contributed by atoms with Crippen LogP contribution in [0.3, 0.4) is 0 Å². The average Bonchev–Trinajstić information content (AvgIpc) is 2.50. The minimum Gasteiger partial charge on any atom is -0.359 e. The van der Waals surface area contributed by atoms with E-state index in [1.165, 1.54) is 11.5 Å². The zero-order valence-corrected chi connectivity index (χ0v) is 8.90. The molecule has 0 aliphatic heterocycles. The van der Waals surface area contributed by atoms with Crippen molar-refractivity contribution in [1.82, 2.24) is 9.36 Å². The first-order valence-corrected chi connectivity index (χ1v) is 5.31.